The van der Waals surface area contributed by atoms with Crippen molar-refractivity contribution in [1.82, 2.24) is 24.7 Å². The molecule has 0 aliphatic carbocycles. The highest BCUT2D eigenvalue weighted by molar-refractivity contribution is 5.96. The van der Waals surface area contributed by atoms with Gasteiger partial charge < -0.3 is 29.7 Å². The van der Waals surface area contributed by atoms with Crippen LogP contribution in [0, 0.1) is 6.92 Å². The van der Waals surface area contributed by atoms with E-state index in [0.717, 1.165) is 37.5 Å². The predicted molar refractivity (Wildman–Crippen MR) is 175 cm³/mol. The molecule has 7 rings (SSSR count). The normalized spacial score (nSPS) is 17.8. The Balaban J connectivity index is 1.38. The van der Waals surface area contributed by atoms with Crippen molar-refractivity contribution < 1.29 is 28.6 Å². The summed E-state index contributed by atoms with van der Waals surface area (Å²) >= 11 is 0. The van der Waals surface area contributed by atoms with Crippen molar-refractivity contribution >= 4 is 17.7 Å². The predicted octanol–water partition coefficient (Wildman–Crippen LogP) is 1.78. The second kappa shape index (κ2) is 13.1. The summed E-state index contributed by atoms with van der Waals surface area (Å²) in [6, 6.07) is 18.3. The van der Waals surface area contributed by atoms with Gasteiger partial charge in [0.2, 0.25) is 0 Å². The summed E-state index contributed by atoms with van der Waals surface area (Å²) in [5, 5.41) is 5.89. The number of fused-ring (bicyclic) bond motifs is 7. The Morgan fingerprint density at radius 2 is 1.73 bits per heavy atom. The minimum absolute atomic E-state index is 0.0417. The average molecular weight is 654 g/mol. The van der Waals surface area contributed by atoms with Crippen LogP contribution in [0.15, 0.2) is 76.3 Å². The van der Waals surface area contributed by atoms with Crippen LogP contribution in [0.5, 0.6) is 17.2 Å². The van der Waals surface area contributed by atoms with E-state index in [0.29, 0.717) is 22.8 Å². The van der Waals surface area contributed by atoms with Crippen LogP contribution in [0.1, 0.15) is 32.0 Å². The summed E-state index contributed by atoms with van der Waals surface area (Å²) in [6.45, 7) is 2.05. The quantitative estimate of drug-likeness (QED) is 0.333. The van der Waals surface area contributed by atoms with Crippen LogP contribution in [0.25, 0.3) is 11.1 Å². The summed E-state index contributed by atoms with van der Waals surface area (Å²) in [5.74, 6) is 0.00195. The third-order valence-corrected chi connectivity index (χ3v) is 8.63. The molecule has 3 aliphatic rings. The van der Waals surface area contributed by atoms with Crippen LogP contribution in [0.3, 0.4) is 0 Å². The molecule has 0 radical (unpaired) electrons. The van der Waals surface area contributed by atoms with E-state index in [1.54, 1.807) is 36.4 Å². The Morgan fingerprint density at radius 1 is 0.917 bits per heavy atom. The van der Waals surface area contributed by atoms with Gasteiger partial charge in [0.05, 0.1) is 19.7 Å². The van der Waals surface area contributed by atoms with Crippen molar-refractivity contribution in [3.63, 3.8) is 0 Å². The molecule has 0 spiro atoms. The van der Waals surface area contributed by atoms with Crippen LogP contribution in [0.2, 0.25) is 0 Å². The van der Waals surface area contributed by atoms with Crippen LogP contribution in [-0.2, 0) is 25.4 Å². The Morgan fingerprint density at radius 3 is 2.52 bits per heavy atom. The maximum absolute atomic E-state index is 13.8. The van der Waals surface area contributed by atoms with Gasteiger partial charge in [0.15, 0.2) is 18.1 Å². The molecule has 4 heterocycles. The number of amides is 3. The molecule has 0 saturated carbocycles. The van der Waals surface area contributed by atoms with E-state index in [9.17, 15) is 24.0 Å². The van der Waals surface area contributed by atoms with E-state index < -0.39 is 29.3 Å². The number of rotatable bonds is 2. The number of carbonyl (C=O) groups excluding carboxylic acids is 3. The maximum atomic E-state index is 13.8. The first-order chi connectivity index (χ1) is 23.0. The molecule has 13 heteroatoms. The van der Waals surface area contributed by atoms with Gasteiger partial charge >= 0.3 is 5.69 Å². The molecule has 248 valence electrons. The van der Waals surface area contributed by atoms with Crippen molar-refractivity contribution in [2.75, 3.05) is 26.8 Å². The zero-order valence-corrected chi connectivity index (χ0v) is 26.9. The second-order valence-corrected chi connectivity index (χ2v) is 11.8. The summed E-state index contributed by atoms with van der Waals surface area (Å²) in [6.07, 6.45) is -0.731. The summed E-state index contributed by atoms with van der Waals surface area (Å²) in [4.78, 5) is 66.6. The molecule has 48 heavy (non-hydrogen) atoms. The molecule has 1 fully saturated rings. The van der Waals surface area contributed by atoms with Crippen molar-refractivity contribution in [3.05, 3.63) is 110 Å². The van der Waals surface area contributed by atoms with E-state index in [-0.39, 0.29) is 43.7 Å². The first-order valence-corrected chi connectivity index (χ1v) is 15.3. The number of hydrogen-bond acceptors (Lipinski definition) is 8. The van der Waals surface area contributed by atoms with E-state index in [2.05, 4.69) is 10.6 Å². The first-order valence-electron chi connectivity index (χ1n) is 15.3. The number of aromatic nitrogens is 2. The van der Waals surface area contributed by atoms with Crippen molar-refractivity contribution in [3.8, 4) is 28.4 Å². The van der Waals surface area contributed by atoms with E-state index in [1.807, 2.05) is 31.2 Å². The van der Waals surface area contributed by atoms with Gasteiger partial charge in [-0.25, -0.2) is 4.79 Å². The lowest BCUT2D eigenvalue weighted by Crippen LogP contribution is -2.45. The zero-order valence-electron chi connectivity index (χ0n) is 26.9. The average Bonchev–Trinajstić information content (AvgIpc) is 3.48. The third-order valence-electron chi connectivity index (χ3n) is 8.63. The van der Waals surface area contributed by atoms with Crippen molar-refractivity contribution in [2.24, 2.45) is 14.1 Å². The standard InChI is InChI=1S/C35H35N5O8/c1-20-8-10-23-14-25(20)22-6-5-7-24(13-22)47-19-31(41)36-16-21-9-11-28(29(12-21)46-4)48-30-18-40(17-26(30)37-33(23)43)34(44)27-15-32(42)39(3)35(45)38(27)2/h5-15,26,30H,16-19H2,1-4H3,(H,36,41)(H,37,43)/t26-,30-/m0/s1. The molecule has 3 amide bonds. The number of likely N-dealkylation sites (tertiary alicyclic amines) is 1. The van der Waals surface area contributed by atoms with Gasteiger partial charge in [0.1, 0.15) is 17.5 Å². The highest BCUT2D eigenvalue weighted by Crippen LogP contribution is 2.32. The Bertz CT molecular complexity index is 2050. The fraction of sp³-hybridized carbons (Fsp3) is 0.286. The summed E-state index contributed by atoms with van der Waals surface area (Å²) in [5.41, 5.74) is 2.35. The molecular formula is C35H35N5O8. The summed E-state index contributed by atoms with van der Waals surface area (Å²) < 4.78 is 19.8. The molecule has 1 aromatic heterocycles. The fourth-order valence-corrected chi connectivity index (χ4v) is 5.86. The number of methoxy groups -OCH3 is 1. The van der Waals surface area contributed by atoms with Crippen LogP contribution in [-0.4, -0.2) is 70.7 Å². The molecule has 2 atom stereocenters. The number of nitrogens with zero attached hydrogens (tertiary/aromatic N) is 3. The smallest absolute Gasteiger partial charge is 0.331 e. The van der Waals surface area contributed by atoms with Gasteiger partial charge in [-0.1, -0.05) is 24.3 Å². The molecule has 6 bridgehead atoms. The van der Waals surface area contributed by atoms with Crippen molar-refractivity contribution in [1.29, 1.82) is 0 Å². The minimum Gasteiger partial charge on any atom is -0.493 e. The molecule has 2 N–H and O–H groups in total. The minimum atomic E-state index is -0.731. The van der Waals surface area contributed by atoms with Gasteiger partial charge in [0, 0.05) is 38.8 Å². The SMILES string of the molecule is COc1cc2ccc1O[C@H]1CN(C(=O)c3cc(=O)n(C)c(=O)n3C)C[C@@H]1NC(=O)c1ccc(C)c(c1)-c1cccc(c1)OCC(=O)NC2. The van der Waals surface area contributed by atoms with Gasteiger partial charge in [-0.15, -0.1) is 0 Å². The zero-order chi connectivity index (χ0) is 34.1. The first kappa shape index (κ1) is 32.1. The number of ether oxygens (including phenoxy) is 3. The lowest BCUT2D eigenvalue weighted by atomic mass is 9.97. The van der Waals surface area contributed by atoms with E-state index in [1.165, 1.54) is 26.1 Å². The van der Waals surface area contributed by atoms with E-state index >= 15 is 0 Å². The van der Waals surface area contributed by atoms with Crippen molar-refractivity contribution in [2.45, 2.75) is 25.6 Å². The third kappa shape index (κ3) is 6.39. The van der Waals surface area contributed by atoms with Crippen LogP contribution in [0.4, 0.5) is 0 Å². The van der Waals surface area contributed by atoms with Gasteiger partial charge in [-0.3, -0.25) is 28.3 Å². The Labute approximate surface area is 275 Å². The lowest BCUT2D eigenvalue weighted by Gasteiger charge is -2.23. The van der Waals surface area contributed by atoms with Crippen LogP contribution < -0.4 is 36.1 Å². The fourth-order valence-electron chi connectivity index (χ4n) is 5.86. The highest BCUT2D eigenvalue weighted by atomic mass is 16.5. The second-order valence-electron chi connectivity index (χ2n) is 11.8. The van der Waals surface area contributed by atoms with Crippen LogP contribution >= 0.6 is 0 Å². The molecule has 3 aliphatic heterocycles. The molecular weight excluding hydrogens is 618 g/mol. The molecule has 1 saturated heterocycles. The number of carbonyl (C=O) groups is 3. The number of hydrogen-bond donors (Lipinski definition) is 2. The molecule has 4 aromatic rings. The Hall–Kier alpha value is -5.85. The lowest BCUT2D eigenvalue weighted by molar-refractivity contribution is -0.123. The largest absolute Gasteiger partial charge is 0.493 e. The number of aryl methyl sites for hydroxylation is 1. The van der Waals surface area contributed by atoms with E-state index in [4.69, 9.17) is 14.2 Å². The van der Waals surface area contributed by atoms with Gasteiger partial charge in [-0.05, 0) is 65.6 Å². The number of benzene rings is 3. The summed E-state index contributed by atoms with van der Waals surface area (Å²) in [7, 11) is 4.25. The van der Waals surface area contributed by atoms with Gasteiger partial charge in [-0.2, -0.15) is 0 Å². The molecule has 13 nitrogen and oxygen atoms in total. The molecule has 0 unspecified atom stereocenters. The van der Waals surface area contributed by atoms with Gasteiger partial charge in [0.25, 0.3) is 23.3 Å². The monoisotopic (exact) mass is 653 g/mol. The number of nitrogens with one attached hydrogen (secondary N) is 2. The highest BCUT2D eigenvalue weighted by Gasteiger charge is 2.39. The topological polar surface area (TPSA) is 150 Å². The maximum Gasteiger partial charge on any atom is 0.331 e. The Kier molecular flexibility index (Phi) is 8.76. The molecule has 3 aromatic carbocycles.